The minimum atomic E-state index is -4.12. The molecule has 2 fully saturated rings. The van der Waals surface area contributed by atoms with Gasteiger partial charge in [-0.25, -0.2) is 23.9 Å². The summed E-state index contributed by atoms with van der Waals surface area (Å²) < 4.78 is 49.2. The van der Waals surface area contributed by atoms with Crippen LogP contribution in [0, 0.1) is 0 Å². The van der Waals surface area contributed by atoms with Crippen molar-refractivity contribution >= 4 is 47.4 Å². The molecule has 0 spiro atoms. The second-order valence-electron chi connectivity index (χ2n) is 9.67. The number of hydrogen-bond donors (Lipinski definition) is 6. The molecule has 0 bridgehead atoms. The monoisotopic (exact) mass is 612 g/mol. The number of fused-ring (bicyclic) bond motifs is 2. The molecule has 7 N–H and O–H groups in total. The Labute approximate surface area is 234 Å². The van der Waals surface area contributed by atoms with Crippen LogP contribution in [-0.4, -0.2) is 92.7 Å². The van der Waals surface area contributed by atoms with E-state index in [-0.39, 0.29) is 42.4 Å². The summed E-state index contributed by atoms with van der Waals surface area (Å²) in [6.45, 7) is -5.05. The number of aliphatic hydroxyl groups is 2. The maximum absolute atomic E-state index is 15.5. The number of hydrogen-bond acceptors (Lipinski definition) is 14. The number of alkyl halides is 1. The molecule has 20 heteroatoms. The highest BCUT2D eigenvalue weighted by molar-refractivity contribution is 8.46. The van der Waals surface area contributed by atoms with E-state index >= 15 is 4.39 Å². The summed E-state index contributed by atoms with van der Waals surface area (Å²) in [4.78, 5) is 30.7. The van der Waals surface area contributed by atoms with E-state index in [1.807, 2.05) is 0 Å². The number of halogens is 1. The molecule has 220 valence electrons. The van der Waals surface area contributed by atoms with E-state index in [0.717, 1.165) is 0 Å². The molecule has 0 radical (unpaired) electrons. The number of imidazole rings is 2. The van der Waals surface area contributed by atoms with Crippen molar-refractivity contribution in [3.05, 3.63) is 34.9 Å². The summed E-state index contributed by atoms with van der Waals surface area (Å²) >= 11 is 4.21. The summed E-state index contributed by atoms with van der Waals surface area (Å²) in [5, 5.41) is 24.4. The van der Waals surface area contributed by atoms with E-state index in [1.54, 1.807) is 0 Å². The minimum Gasteiger partial charge on any atom is -0.394 e. The number of ether oxygens (including phenoxy) is 2. The summed E-state index contributed by atoms with van der Waals surface area (Å²) in [6, 6.07) is 0. The number of rotatable bonds is 8. The van der Waals surface area contributed by atoms with Gasteiger partial charge in [-0.3, -0.25) is 18.9 Å². The third kappa shape index (κ3) is 4.86. The number of thiol groups is 1. The lowest BCUT2D eigenvalue weighted by Crippen LogP contribution is -2.30. The van der Waals surface area contributed by atoms with Crippen LogP contribution in [0.15, 0.2) is 23.6 Å². The van der Waals surface area contributed by atoms with Crippen molar-refractivity contribution in [1.29, 1.82) is 0 Å². The molecule has 4 aromatic heterocycles. The zero-order valence-corrected chi connectivity index (χ0v) is 22.9. The Morgan fingerprint density at radius 2 is 2.05 bits per heavy atom. The fourth-order valence-electron chi connectivity index (χ4n) is 5.19. The average molecular weight is 613 g/mol. The highest BCUT2D eigenvalue weighted by Crippen LogP contribution is 2.64. The standard InChI is InChI=1S/C21H26FN10O7PS/c22-13-12(5-33)39-20(31-7-27-14-17(31)29-21(24)30-19(14)35)15(13)40(36,41)37-2-1-10-9(34)3-11(38-10)8-4-25-18-16(23)26-6-28-32(8)18/h4,6-7,9-13,15,20,33-34H,1-3,5H2,(H,36,41)(H2,23,26,28)(H3,24,29,30,35)/t9-,10+,11+,12+,13+,15+,20+,40?/m0/s1. The molecule has 2 aliphatic rings. The minimum absolute atomic E-state index is 0.0340. The third-order valence-corrected chi connectivity index (χ3v) is 10.2. The first-order valence-corrected chi connectivity index (χ1v) is 15.3. The molecule has 41 heavy (non-hydrogen) atoms. The summed E-state index contributed by atoms with van der Waals surface area (Å²) in [7, 11) is 0. The Morgan fingerprint density at radius 1 is 1.24 bits per heavy atom. The molecule has 6 rings (SSSR count). The molecule has 2 aliphatic heterocycles. The van der Waals surface area contributed by atoms with Crippen molar-refractivity contribution < 1.29 is 33.2 Å². The van der Waals surface area contributed by atoms with Crippen molar-refractivity contribution in [1.82, 2.24) is 39.1 Å². The molecule has 4 aromatic rings. The van der Waals surface area contributed by atoms with Gasteiger partial charge >= 0.3 is 0 Å². The van der Waals surface area contributed by atoms with Crippen molar-refractivity contribution in [2.24, 2.45) is 0 Å². The lowest BCUT2D eigenvalue weighted by atomic mass is 10.1. The largest absolute Gasteiger partial charge is 0.394 e. The van der Waals surface area contributed by atoms with Crippen LogP contribution in [0.2, 0.25) is 0 Å². The van der Waals surface area contributed by atoms with E-state index < -0.39 is 61.2 Å². The zero-order chi connectivity index (χ0) is 29.1. The number of nitrogens with zero attached hydrogens (tertiary/aromatic N) is 7. The molecule has 17 nitrogen and oxygen atoms in total. The topological polar surface area (TPSA) is 244 Å². The molecule has 1 unspecified atom stereocenters. The van der Waals surface area contributed by atoms with E-state index in [2.05, 4.69) is 42.3 Å². The smallest absolute Gasteiger partial charge is 0.280 e. The molecular formula is C21H26FN10O7PS. The van der Waals surface area contributed by atoms with Crippen molar-refractivity contribution in [3.8, 4) is 0 Å². The van der Waals surface area contributed by atoms with Crippen LogP contribution in [-0.2, 0) is 18.6 Å². The van der Waals surface area contributed by atoms with Gasteiger partial charge in [-0.15, -0.1) is 0 Å². The Hall–Kier alpha value is -3.19. The molecule has 0 aromatic carbocycles. The van der Waals surface area contributed by atoms with Gasteiger partial charge in [0.15, 0.2) is 28.9 Å². The van der Waals surface area contributed by atoms with Crippen LogP contribution in [0.4, 0.5) is 16.2 Å². The molecule has 2 saturated heterocycles. The first-order valence-electron chi connectivity index (χ1n) is 12.5. The van der Waals surface area contributed by atoms with Gasteiger partial charge in [-0.1, -0.05) is 12.2 Å². The Bertz CT molecular complexity index is 1700. The van der Waals surface area contributed by atoms with E-state index in [9.17, 15) is 19.6 Å². The average Bonchev–Trinajstić information content (AvgIpc) is 3.68. The van der Waals surface area contributed by atoms with Crippen LogP contribution >= 0.6 is 18.8 Å². The van der Waals surface area contributed by atoms with E-state index in [0.29, 0.717) is 11.3 Å². The lowest BCUT2D eigenvalue weighted by Gasteiger charge is -2.26. The lowest BCUT2D eigenvalue weighted by molar-refractivity contribution is -0.0323. The normalized spacial score (nSPS) is 29.9. The third-order valence-electron chi connectivity index (χ3n) is 7.16. The fourth-order valence-corrected chi connectivity index (χ4v) is 7.79. The zero-order valence-electron chi connectivity index (χ0n) is 21.1. The van der Waals surface area contributed by atoms with Gasteiger partial charge in [0.2, 0.25) is 5.95 Å². The van der Waals surface area contributed by atoms with Crippen LogP contribution in [0.5, 0.6) is 0 Å². The number of nitrogens with one attached hydrogen (secondary N) is 1. The van der Waals surface area contributed by atoms with Crippen LogP contribution in [0.3, 0.4) is 0 Å². The molecule has 8 atom stereocenters. The first kappa shape index (κ1) is 28.0. The van der Waals surface area contributed by atoms with Gasteiger partial charge < -0.3 is 35.7 Å². The van der Waals surface area contributed by atoms with Gasteiger partial charge in [-0.2, -0.15) is 10.1 Å². The summed E-state index contributed by atoms with van der Waals surface area (Å²) in [5.74, 6) is -0.0225. The van der Waals surface area contributed by atoms with Crippen LogP contribution in [0.1, 0.15) is 30.9 Å². The van der Waals surface area contributed by atoms with E-state index in [4.69, 9.17) is 25.5 Å². The Kier molecular flexibility index (Phi) is 7.21. The first-order chi connectivity index (χ1) is 19.6. The van der Waals surface area contributed by atoms with Gasteiger partial charge in [0.1, 0.15) is 30.4 Å². The predicted octanol–water partition coefficient (Wildman–Crippen LogP) is -0.261. The van der Waals surface area contributed by atoms with Gasteiger partial charge in [0, 0.05) is 6.42 Å². The summed E-state index contributed by atoms with van der Waals surface area (Å²) in [6.07, 6.45) is -2.50. The quantitative estimate of drug-likeness (QED) is 0.111. The number of H-pyrrole nitrogens is 1. The van der Waals surface area contributed by atoms with Crippen molar-refractivity contribution in [2.75, 3.05) is 24.7 Å². The number of anilines is 2. The van der Waals surface area contributed by atoms with Crippen LogP contribution < -0.4 is 17.0 Å². The highest BCUT2D eigenvalue weighted by atomic mass is 32.7. The maximum Gasteiger partial charge on any atom is 0.280 e. The molecule has 0 saturated carbocycles. The molecule has 0 amide bonds. The number of aliphatic hydroxyl groups excluding tert-OH is 2. The van der Waals surface area contributed by atoms with Crippen molar-refractivity contribution in [2.45, 2.75) is 55.3 Å². The summed E-state index contributed by atoms with van der Waals surface area (Å²) in [5.41, 5.74) is 10.1. The second kappa shape index (κ2) is 10.6. The molecular weight excluding hydrogens is 586 g/mol. The Balaban J connectivity index is 1.17. The maximum atomic E-state index is 15.5. The van der Waals surface area contributed by atoms with Gasteiger partial charge in [-0.05, 0) is 6.42 Å². The highest BCUT2D eigenvalue weighted by Gasteiger charge is 2.55. The SMILES string of the molecule is Nc1nc2c(ncn2[C@@H]2O[C@H](CO)[C@@H](F)[C@H]2P(=O)(S)OCC[C@H]2O[C@@H](c3cnc4c(N)ncnn34)C[C@@H]2O)c(=O)[nH]1. The number of nitrogens with two attached hydrogens (primary N) is 2. The van der Waals surface area contributed by atoms with Gasteiger partial charge in [0.25, 0.3) is 12.1 Å². The molecule has 0 aliphatic carbocycles. The number of nitrogen functional groups attached to an aromatic ring is 2. The fraction of sp³-hybridized carbons (Fsp3) is 0.524. The second-order valence-corrected chi connectivity index (χ2v) is 13.3. The predicted molar refractivity (Wildman–Crippen MR) is 143 cm³/mol. The van der Waals surface area contributed by atoms with E-state index in [1.165, 1.54) is 27.9 Å². The Morgan fingerprint density at radius 3 is 2.83 bits per heavy atom. The van der Waals surface area contributed by atoms with Gasteiger partial charge in [0.05, 0.1) is 43.6 Å². The molecule has 6 heterocycles. The number of aromatic nitrogens is 8. The van der Waals surface area contributed by atoms with Crippen molar-refractivity contribution in [3.63, 3.8) is 0 Å². The number of aromatic amines is 1. The van der Waals surface area contributed by atoms with Crippen LogP contribution in [0.25, 0.3) is 16.8 Å².